The molecule has 0 saturated heterocycles. The van der Waals surface area contributed by atoms with E-state index < -0.39 is 17.2 Å². The quantitative estimate of drug-likeness (QED) is 0.302. The number of ether oxygens (including phenoxy) is 1. The zero-order valence-corrected chi connectivity index (χ0v) is 16.0. The normalized spacial score (nSPS) is 23.7. The third kappa shape index (κ3) is 1.75. The van der Waals surface area contributed by atoms with Gasteiger partial charge in [0.15, 0.2) is 0 Å². The number of hydrogen-bond acceptors (Lipinski definition) is 6. The third-order valence-electron chi connectivity index (χ3n) is 6.43. The average Bonchev–Trinajstić information content (AvgIpc) is 3.15. The molecule has 5 aromatic rings. The van der Waals surface area contributed by atoms with Gasteiger partial charge in [-0.15, -0.1) is 0 Å². The van der Waals surface area contributed by atoms with E-state index in [1.165, 1.54) is 0 Å². The third-order valence-corrected chi connectivity index (χ3v) is 6.43. The highest BCUT2D eigenvalue weighted by molar-refractivity contribution is 6.17. The van der Waals surface area contributed by atoms with Crippen molar-refractivity contribution in [1.29, 1.82) is 0 Å². The van der Waals surface area contributed by atoms with E-state index in [0.29, 0.717) is 27.5 Å². The van der Waals surface area contributed by atoms with Crippen molar-refractivity contribution in [3.05, 3.63) is 89.5 Å². The van der Waals surface area contributed by atoms with Crippen LogP contribution in [-0.4, -0.2) is 26.0 Å². The number of benzene rings is 4. The highest BCUT2D eigenvalue weighted by Gasteiger charge is 2.71. The smallest absolute Gasteiger partial charge is 0.276 e. The van der Waals surface area contributed by atoms with Crippen molar-refractivity contribution in [2.75, 3.05) is 0 Å². The van der Waals surface area contributed by atoms with Crippen LogP contribution in [0.25, 0.3) is 32.8 Å². The molecule has 0 fully saturated rings. The van der Waals surface area contributed by atoms with E-state index in [1.54, 1.807) is 24.3 Å². The lowest BCUT2D eigenvalue weighted by molar-refractivity contribution is -0.224. The van der Waals surface area contributed by atoms with E-state index in [4.69, 9.17) is 14.7 Å². The van der Waals surface area contributed by atoms with Gasteiger partial charge in [0.25, 0.3) is 5.79 Å². The monoisotopic (exact) mass is 406 g/mol. The minimum absolute atomic E-state index is 0.156. The Morgan fingerprint density at radius 2 is 1.35 bits per heavy atom. The molecule has 31 heavy (non-hydrogen) atoms. The summed E-state index contributed by atoms with van der Waals surface area (Å²) in [4.78, 5) is 23.0. The first-order valence-electron chi connectivity index (χ1n) is 9.94. The van der Waals surface area contributed by atoms with Crippen LogP contribution in [0.2, 0.25) is 0 Å². The molecule has 0 saturated carbocycles. The van der Waals surface area contributed by atoms with Crippen molar-refractivity contribution in [2.45, 2.75) is 11.4 Å². The fraction of sp³-hybridized carbons (Fsp3) is 0.0800. The minimum Gasteiger partial charge on any atom is -0.453 e. The first kappa shape index (κ1) is 16.9. The summed E-state index contributed by atoms with van der Waals surface area (Å²) < 4.78 is 6.07. The molecule has 0 amide bonds. The lowest BCUT2D eigenvalue weighted by Gasteiger charge is -2.28. The fourth-order valence-corrected chi connectivity index (χ4v) is 5.01. The maximum atomic E-state index is 13.5. The lowest BCUT2D eigenvalue weighted by atomic mass is 9.85. The molecule has 2 aliphatic rings. The van der Waals surface area contributed by atoms with E-state index in [0.717, 1.165) is 5.39 Å². The van der Waals surface area contributed by atoms with Crippen molar-refractivity contribution >= 4 is 38.6 Å². The van der Waals surface area contributed by atoms with Crippen LogP contribution in [-0.2, 0) is 11.4 Å². The Labute approximate surface area is 175 Å². The van der Waals surface area contributed by atoms with Gasteiger partial charge in [0.2, 0.25) is 11.4 Å². The van der Waals surface area contributed by atoms with Gasteiger partial charge in [-0.1, -0.05) is 60.7 Å². The molecule has 0 radical (unpaired) electrons. The molecule has 2 unspecified atom stereocenters. The van der Waals surface area contributed by atoms with E-state index in [1.807, 2.05) is 48.5 Å². The van der Waals surface area contributed by atoms with E-state index >= 15 is 0 Å². The second kappa shape index (κ2) is 5.24. The molecule has 1 aromatic heterocycles. The van der Waals surface area contributed by atoms with Crippen LogP contribution in [0, 0.1) is 0 Å². The van der Waals surface area contributed by atoms with Gasteiger partial charge in [0.05, 0.1) is 22.1 Å². The zero-order valence-electron chi connectivity index (χ0n) is 16.0. The van der Waals surface area contributed by atoms with Crippen molar-refractivity contribution in [2.24, 2.45) is 0 Å². The number of fused-ring (bicyclic) bond motifs is 11. The summed E-state index contributed by atoms with van der Waals surface area (Å²) in [5, 5.41) is 24.9. The standard InChI is InChI=1S/C25H14N2O4/c28-23-15-9-3-4-10-16(15)25(30)24(23,29)19-21-20(26-17-11-5-6-12-18(17)27-21)13-7-1-2-8-14(13)22(19)31-25/h1-12,29-30H. The van der Waals surface area contributed by atoms with E-state index in [-0.39, 0.29) is 22.4 Å². The predicted octanol–water partition coefficient (Wildman–Crippen LogP) is 3.56. The molecule has 1 aliphatic heterocycles. The van der Waals surface area contributed by atoms with Crippen molar-refractivity contribution in [3.8, 4) is 5.75 Å². The Hall–Kier alpha value is -3.87. The number of ketones is 1. The van der Waals surface area contributed by atoms with Gasteiger partial charge in [0.1, 0.15) is 11.3 Å². The molecule has 1 aliphatic carbocycles. The molecular formula is C25H14N2O4. The van der Waals surface area contributed by atoms with Gasteiger partial charge >= 0.3 is 0 Å². The lowest BCUT2D eigenvalue weighted by Crippen LogP contribution is -2.48. The van der Waals surface area contributed by atoms with E-state index in [9.17, 15) is 15.0 Å². The minimum atomic E-state index is -2.33. The number of carbonyl (C=O) groups is 1. The van der Waals surface area contributed by atoms with Crippen LogP contribution in [0.5, 0.6) is 5.75 Å². The number of nitrogens with zero attached hydrogens (tertiary/aromatic N) is 2. The highest BCUT2D eigenvalue weighted by atomic mass is 16.7. The fourth-order valence-electron chi connectivity index (χ4n) is 5.01. The predicted molar refractivity (Wildman–Crippen MR) is 114 cm³/mol. The molecule has 0 bridgehead atoms. The Balaban J connectivity index is 1.71. The molecule has 2 atom stereocenters. The molecule has 2 N–H and O–H groups in total. The summed E-state index contributed by atoms with van der Waals surface area (Å²) in [5.41, 5.74) is 0.494. The van der Waals surface area contributed by atoms with Gasteiger partial charge in [-0.25, -0.2) is 9.97 Å². The number of carbonyl (C=O) groups excluding carboxylic acids is 1. The van der Waals surface area contributed by atoms with Gasteiger partial charge in [-0.05, 0) is 12.1 Å². The van der Waals surface area contributed by atoms with Crippen LogP contribution in [0.15, 0.2) is 72.8 Å². The summed E-state index contributed by atoms with van der Waals surface area (Å²) >= 11 is 0. The Morgan fingerprint density at radius 3 is 2.13 bits per heavy atom. The first-order chi connectivity index (χ1) is 15.0. The molecule has 148 valence electrons. The van der Waals surface area contributed by atoms with Gasteiger partial charge in [-0.3, -0.25) is 4.79 Å². The Bertz CT molecular complexity index is 1630. The van der Waals surface area contributed by atoms with Gasteiger partial charge in [-0.2, -0.15) is 0 Å². The number of Topliss-reactive ketones (excluding diaryl/α,β-unsaturated/α-hetero) is 1. The largest absolute Gasteiger partial charge is 0.453 e. The Kier molecular flexibility index (Phi) is 2.85. The summed E-state index contributed by atoms with van der Waals surface area (Å²) in [7, 11) is 0. The molecule has 7 rings (SSSR count). The molecule has 6 heteroatoms. The van der Waals surface area contributed by atoms with Crippen LogP contribution in [0.4, 0.5) is 0 Å². The average molecular weight is 406 g/mol. The molecular weight excluding hydrogens is 392 g/mol. The second-order valence-electron chi connectivity index (χ2n) is 7.99. The van der Waals surface area contributed by atoms with E-state index in [2.05, 4.69) is 0 Å². The maximum Gasteiger partial charge on any atom is 0.276 e. The Morgan fingerprint density at radius 1 is 0.742 bits per heavy atom. The van der Waals surface area contributed by atoms with Gasteiger partial charge < -0.3 is 14.9 Å². The maximum absolute atomic E-state index is 13.5. The topological polar surface area (TPSA) is 92.5 Å². The van der Waals surface area contributed by atoms with Crippen LogP contribution >= 0.6 is 0 Å². The van der Waals surface area contributed by atoms with Crippen molar-refractivity contribution < 1.29 is 19.7 Å². The number of para-hydroxylation sites is 2. The van der Waals surface area contributed by atoms with Gasteiger partial charge in [0, 0.05) is 21.9 Å². The molecule has 2 heterocycles. The SMILES string of the molecule is O=C1c2ccccc2C2(O)Oc3c(c4nc5ccccc5nc4c4ccccc34)C12O. The summed E-state index contributed by atoms with van der Waals surface area (Å²) in [6.45, 7) is 0. The zero-order chi connectivity index (χ0) is 21.0. The number of hydrogen-bond donors (Lipinski definition) is 2. The second-order valence-corrected chi connectivity index (χ2v) is 7.99. The van der Waals surface area contributed by atoms with Crippen LogP contribution in [0.1, 0.15) is 21.5 Å². The van der Waals surface area contributed by atoms with Crippen LogP contribution < -0.4 is 4.74 Å². The van der Waals surface area contributed by atoms with Crippen molar-refractivity contribution in [1.82, 2.24) is 9.97 Å². The van der Waals surface area contributed by atoms with Crippen molar-refractivity contribution in [3.63, 3.8) is 0 Å². The molecule has 6 nitrogen and oxygen atoms in total. The molecule has 4 aromatic carbocycles. The summed E-state index contributed by atoms with van der Waals surface area (Å²) in [6, 6.07) is 21.4. The number of aliphatic hydroxyl groups is 2. The first-order valence-corrected chi connectivity index (χ1v) is 9.94. The summed E-state index contributed by atoms with van der Waals surface area (Å²) in [5.74, 6) is -2.61. The summed E-state index contributed by atoms with van der Waals surface area (Å²) in [6.07, 6.45) is 0. The molecule has 0 spiro atoms. The number of rotatable bonds is 0. The van der Waals surface area contributed by atoms with Crippen LogP contribution in [0.3, 0.4) is 0 Å². The highest BCUT2D eigenvalue weighted by Crippen LogP contribution is 2.61. The number of aromatic nitrogens is 2.